The number of fused-ring (bicyclic) bond motifs is 2. The minimum absolute atomic E-state index is 0.112. The molecule has 0 spiro atoms. The number of pyridine rings is 1. The summed E-state index contributed by atoms with van der Waals surface area (Å²) >= 11 is 6.92. The van der Waals surface area contributed by atoms with Gasteiger partial charge in [-0.05, 0) is 54.5 Å². The van der Waals surface area contributed by atoms with Crippen LogP contribution in [0.2, 0.25) is 0 Å². The van der Waals surface area contributed by atoms with Crippen LogP contribution in [0.4, 0.5) is 5.82 Å². The summed E-state index contributed by atoms with van der Waals surface area (Å²) in [5.74, 6) is 0.925. The average molecular weight is 547 g/mol. The van der Waals surface area contributed by atoms with Crippen molar-refractivity contribution in [3.63, 3.8) is 0 Å². The predicted octanol–water partition coefficient (Wildman–Crippen LogP) is 5.98. The first-order valence-electron chi connectivity index (χ1n) is 13.5. The monoisotopic (exact) mass is 546 g/mol. The van der Waals surface area contributed by atoms with Crippen molar-refractivity contribution >= 4 is 51.7 Å². The Balaban J connectivity index is 1.55. The predicted molar refractivity (Wildman–Crippen MR) is 161 cm³/mol. The molecule has 0 bridgehead atoms. The molecule has 8 heteroatoms. The first kappa shape index (κ1) is 26.6. The topological polar surface area (TPSA) is 57.9 Å². The Kier molecular flexibility index (Phi) is 8.00. The lowest BCUT2D eigenvalue weighted by Crippen LogP contribution is -2.34. The van der Waals surface area contributed by atoms with E-state index in [4.69, 9.17) is 17.2 Å². The Morgan fingerprint density at radius 1 is 1.13 bits per heavy atom. The molecule has 5 rings (SSSR count). The van der Waals surface area contributed by atoms with Crippen LogP contribution in [-0.4, -0.2) is 37.6 Å². The second-order valence-electron chi connectivity index (χ2n) is 10.2. The zero-order chi connectivity index (χ0) is 26.8. The van der Waals surface area contributed by atoms with E-state index in [0.29, 0.717) is 45.3 Å². The third kappa shape index (κ3) is 5.16. The first-order valence-corrected chi connectivity index (χ1v) is 14.7. The maximum atomic E-state index is 13.9. The molecule has 0 N–H and O–H groups in total. The third-order valence-electron chi connectivity index (χ3n) is 7.63. The number of rotatable bonds is 8. The zero-order valence-electron chi connectivity index (χ0n) is 22.3. The molecule has 2 aliphatic rings. The number of hydrogen-bond donors (Lipinski definition) is 0. The lowest BCUT2D eigenvalue weighted by Gasteiger charge is -2.31. The summed E-state index contributed by atoms with van der Waals surface area (Å²) in [4.78, 5) is 36.8. The van der Waals surface area contributed by atoms with Crippen molar-refractivity contribution in [1.82, 2.24) is 14.3 Å². The van der Waals surface area contributed by atoms with E-state index >= 15 is 0 Å². The van der Waals surface area contributed by atoms with Gasteiger partial charge in [0.2, 0.25) is 0 Å². The smallest absolute Gasteiger partial charge is 0.267 e. The van der Waals surface area contributed by atoms with E-state index in [1.807, 2.05) is 25.1 Å². The number of carbonyl (C=O) groups excluding carboxylic acids is 1. The molecule has 1 saturated heterocycles. The Labute approximate surface area is 233 Å². The van der Waals surface area contributed by atoms with E-state index in [9.17, 15) is 9.59 Å². The molecule has 0 radical (unpaired) electrons. The van der Waals surface area contributed by atoms with Gasteiger partial charge in [-0.2, -0.15) is 0 Å². The molecule has 198 valence electrons. The van der Waals surface area contributed by atoms with E-state index in [-0.39, 0.29) is 11.5 Å². The van der Waals surface area contributed by atoms with Gasteiger partial charge in [0.15, 0.2) is 0 Å². The van der Waals surface area contributed by atoms with Crippen LogP contribution in [0.25, 0.3) is 11.7 Å². The van der Waals surface area contributed by atoms with Crippen LogP contribution in [0.1, 0.15) is 61.8 Å². The molecule has 0 aliphatic carbocycles. The van der Waals surface area contributed by atoms with Crippen molar-refractivity contribution in [3.05, 3.63) is 80.1 Å². The van der Waals surface area contributed by atoms with Crippen LogP contribution < -0.4 is 10.5 Å². The average Bonchev–Trinajstić information content (AvgIpc) is 3.19. The Bertz CT molecular complexity index is 1480. The van der Waals surface area contributed by atoms with Gasteiger partial charge in [-0.15, -0.1) is 0 Å². The summed E-state index contributed by atoms with van der Waals surface area (Å²) in [6.45, 7) is 8.36. The Morgan fingerprint density at radius 2 is 1.92 bits per heavy atom. The van der Waals surface area contributed by atoms with Crippen molar-refractivity contribution in [2.75, 3.05) is 18.0 Å². The fourth-order valence-electron chi connectivity index (χ4n) is 5.31. The van der Waals surface area contributed by atoms with Gasteiger partial charge in [-0.1, -0.05) is 87.4 Å². The van der Waals surface area contributed by atoms with Gasteiger partial charge in [-0.3, -0.25) is 18.9 Å². The standard InChI is InChI=1S/C30H34N4O2S2/c1-4-6-11-21(5-2)18-34-29(36)25(38-30(34)37)17-24-27(31-26-20(3)10-9-15-33(26)28(24)35)32-16-14-22-12-7-8-13-23(22)19-32/h7-10,12-13,15,17,21H,4-6,11,14,16,18-19H2,1-3H3. The Morgan fingerprint density at radius 3 is 2.68 bits per heavy atom. The van der Waals surface area contributed by atoms with Crippen molar-refractivity contribution in [2.24, 2.45) is 5.92 Å². The summed E-state index contributed by atoms with van der Waals surface area (Å²) in [5, 5.41) is 0. The molecule has 38 heavy (non-hydrogen) atoms. The number of hydrogen-bond acceptors (Lipinski definition) is 6. The summed E-state index contributed by atoms with van der Waals surface area (Å²) in [7, 11) is 0. The third-order valence-corrected chi connectivity index (χ3v) is 9.01. The normalized spacial score (nSPS) is 17.5. The molecule has 4 heterocycles. The lowest BCUT2D eigenvalue weighted by atomic mass is 9.99. The van der Waals surface area contributed by atoms with Crippen LogP contribution in [-0.2, 0) is 17.8 Å². The minimum atomic E-state index is -0.174. The van der Waals surface area contributed by atoms with Crippen LogP contribution in [0, 0.1) is 12.8 Å². The number of nitrogens with zero attached hydrogens (tertiary/aromatic N) is 4. The van der Waals surface area contributed by atoms with Crippen LogP contribution in [0.15, 0.2) is 52.3 Å². The largest absolute Gasteiger partial charge is 0.351 e. The molecule has 1 atom stereocenters. The highest BCUT2D eigenvalue weighted by Gasteiger charge is 2.34. The summed E-state index contributed by atoms with van der Waals surface area (Å²) in [6.07, 6.45) is 8.72. The SMILES string of the molecule is CCCCC(CC)CN1C(=O)C(=Cc2c(N3CCc4ccccc4C3)nc3c(C)cccn3c2=O)SC1=S. The van der Waals surface area contributed by atoms with Gasteiger partial charge in [0.1, 0.15) is 15.8 Å². The minimum Gasteiger partial charge on any atom is -0.351 e. The second-order valence-corrected chi connectivity index (χ2v) is 11.9. The Hall–Kier alpha value is -2.97. The summed E-state index contributed by atoms with van der Waals surface area (Å²) < 4.78 is 2.15. The highest BCUT2D eigenvalue weighted by atomic mass is 32.2. The van der Waals surface area contributed by atoms with Crippen molar-refractivity contribution in [2.45, 2.75) is 59.4 Å². The molecule has 0 saturated carbocycles. The highest BCUT2D eigenvalue weighted by molar-refractivity contribution is 8.26. The number of carbonyl (C=O) groups is 1. The van der Waals surface area contributed by atoms with E-state index in [1.54, 1.807) is 21.6 Å². The molecular formula is C30H34N4O2S2. The second kappa shape index (κ2) is 11.4. The van der Waals surface area contributed by atoms with Gasteiger partial charge < -0.3 is 4.90 Å². The van der Waals surface area contributed by atoms with Crippen molar-refractivity contribution in [1.29, 1.82) is 0 Å². The molecule has 3 aromatic rings. The molecule has 1 aromatic carbocycles. The number of aromatic nitrogens is 2. The van der Waals surface area contributed by atoms with Crippen LogP contribution in [0.3, 0.4) is 0 Å². The first-order chi connectivity index (χ1) is 18.4. The van der Waals surface area contributed by atoms with Gasteiger partial charge >= 0.3 is 0 Å². The number of thiocarbonyl (C=S) groups is 1. The molecule has 2 aromatic heterocycles. The van der Waals surface area contributed by atoms with E-state index in [1.165, 1.54) is 22.9 Å². The van der Waals surface area contributed by atoms with Crippen molar-refractivity contribution in [3.8, 4) is 0 Å². The number of aryl methyl sites for hydroxylation is 1. The zero-order valence-corrected chi connectivity index (χ0v) is 23.9. The maximum Gasteiger partial charge on any atom is 0.267 e. The molecule has 1 unspecified atom stereocenters. The van der Waals surface area contributed by atoms with Gasteiger partial charge in [-0.25, -0.2) is 4.98 Å². The van der Waals surface area contributed by atoms with E-state index < -0.39 is 0 Å². The molecule has 1 amide bonds. The number of thioether (sulfide) groups is 1. The van der Waals surface area contributed by atoms with Crippen molar-refractivity contribution < 1.29 is 4.79 Å². The van der Waals surface area contributed by atoms with Gasteiger partial charge in [0.25, 0.3) is 11.5 Å². The number of benzene rings is 1. The summed E-state index contributed by atoms with van der Waals surface area (Å²) in [6, 6.07) is 12.2. The van der Waals surface area contributed by atoms with E-state index in [0.717, 1.165) is 44.2 Å². The summed E-state index contributed by atoms with van der Waals surface area (Å²) in [5.41, 5.74) is 4.39. The fourth-order valence-corrected chi connectivity index (χ4v) is 6.57. The van der Waals surface area contributed by atoms with E-state index in [2.05, 4.69) is 36.9 Å². The number of anilines is 1. The maximum absolute atomic E-state index is 13.9. The van der Waals surface area contributed by atoms with Gasteiger partial charge in [0, 0.05) is 25.8 Å². The lowest BCUT2D eigenvalue weighted by molar-refractivity contribution is -0.122. The molecule has 6 nitrogen and oxygen atoms in total. The quantitative estimate of drug-likeness (QED) is 0.256. The van der Waals surface area contributed by atoms with Crippen LogP contribution >= 0.6 is 24.0 Å². The molecule has 1 fully saturated rings. The number of amides is 1. The molecule has 2 aliphatic heterocycles. The van der Waals surface area contributed by atoms with Crippen LogP contribution in [0.5, 0.6) is 0 Å². The highest BCUT2D eigenvalue weighted by Crippen LogP contribution is 2.35. The van der Waals surface area contributed by atoms with Gasteiger partial charge in [0.05, 0.1) is 10.5 Å². The fraction of sp³-hybridized carbons (Fsp3) is 0.400. The number of unbranched alkanes of at least 4 members (excludes halogenated alkanes) is 1. The molecular weight excluding hydrogens is 512 g/mol.